The molecule has 0 aliphatic carbocycles. The van der Waals surface area contributed by atoms with Crippen molar-refractivity contribution in [2.75, 3.05) is 0 Å². The van der Waals surface area contributed by atoms with Crippen molar-refractivity contribution in [3.05, 3.63) is 22.7 Å². The second-order valence-electron chi connectivity index (χ2n) is 6.45. The molecule has 1 aliphatic rings. The number of aryl methyl sites for hydroxylation is 2. The Hall–Kier alpha value is -0.905. The molecule has 1 aromatic carbocycles. The van der Waals surface area contributed by atoms with Crippen molar-refractivity contribution < 1.29 is 9.31 Å². The summed E-state index contributed by atoms with van der Waals surface area (Å²) >= 11 is 1.72. The molecule has 0 radical (unpaired) electrons. The second-order valence-corrected chi connectivity index (χ2v) is 7.68. The van der Waals surface area contributed by atoms with Crippen LogP contribution in [0.3, 0.4) is 0 Å². The molecule has 0 bridgehead atoms. The number of thiazole rings is 1. The highest BCUT2D eigenvalue weighted by Crippen LogP contribution is 2.37. The van der Waals surface area contributed by atoms with Gasteiger partial charge in [0.1, 0.15) is 0 Å². The summed E-state index contributed by atoms with van der Waals surface area (Å²) in [6.45, 7) is 12.4. The maximum atomic E-state index is 6.14. The van der Waals surface area contributed by atoms with Gasteiger partial charge in [0, 0.05) is 0 Å². The number of hydrogen-bond donors (Lipinski definition) is 0. The molecule has 1 saturated heterocycles. The molecular weight excluding hydrogens is 269 g/mol. The number of aromatic nitrogens is 1. The fraction of sp³-hybridized carbons (Fsp3) is 0.533. The van der Waals surface area contributed by atoms with E-state index in [1.807, 2.05) is 6.92 Å². The maximum absolute atomic E-state index is 6.14. The number of fused-ring (bicyclic) bond motifs is 1. The average Bonchev–Trinajstić information content (AvgIpc) is 2.78. The lowest BCUT2D eigenvalue weighted by atomic mass is 9.76. The smallest absolute Gasteiger partial charge is 0.399 e. The minimum Gasteiger partial charge on any atom is -0.399 e. The number of hydrogen-bond acceptors (Lipinski definition) is 4. The first-order valence-electron chi connectivity index (χ1n) is 6.93. The highest BCUT2D eigenvalue weighted by Gasteiger charge is 2.52. The van der Waals surface area contributed by atoms with E-state index in [0.29, 0.717) is 0 Å². The maximum Gasteiger partial charge on any atom is 0.495 e. The Kier molecular flexibility index (Phi) is 3.02. The lowest BCUT2D eigenvalue weighted by Crippen LogP contribution is -2.41. The first-order chi connectivity index (χ1) is 9.21. The van der Waals surface area contributed by atoms with E-state index in [1.165, 1.54) is 4.70 Å². The summed E-state index contributed by atoms with van der Waals surface area (Å²) in [5, 5.41) is 1.09. The minimum absolute atomic E-state index is 0.308. The van der Waals surface area contributed by atoms with Crippen LogP contribution < -0.4 is 5.46 Å². The standard InChI is InChI=1S/C15H20BNO2S/c1-9-11(7-8-12-13(9)17-10(2)20-12)16-18-14(3,4)15(5,6)19-16/h7-8H,1-6H3. The van der Waals surface area contributed by atoms with Gasteiger partial charge in [-0.3, -0.25) is 0 Å². The van der Waals surface area contributed by atoms with Crippen LogP contribution >= 0.6 is 11.3 Å². The predicted molar refractivity (Wildman–Crippen MR) is 84.8 cm³/mol. The van der Waals surface area contributed by atoms with Gasteiger partial charge >= 0.3 is 7.12 Å². The van der Waals surface area contributed by atoms with Crippen molar-refractivity contribution >= 4 is 34.1 Å². The molecule has 1 fully saturated rings. The Morgan fingerprint density at radius 2 is 1.65 bits per heavy atom. The number of rotatable bonds is 1. The van der Waals surface area contributed by atoms with E-state index in [9.17, 15) is 0 Å². The zero-order chi connectivity index (χ0) is 14.7. The summed E-state index contributed by atoms with van der Waals surface area (Å²) in [4.78, 5) is 4.62. The first kappa shape index (κ1) is 14.0. The number of benzene rings is 1. The van der Waals surface area contributed by atoms with Crippen LogP contribution in [0.15, 0.2) is 12.1 Å². The predicted octanol–water partition coefficient (Wildman–Crippen LogP) is 3.21. The van der Waals surface area contributed by atoms with Crippen molar-refractivity contribution in [1.29, 1.82) is 0 Å². The Morgan fingerprint density at radius 1 is 1.05 bits per heavy atom. The fourth-order valence-corrected chi connectivity index (χ4v) is 3.36. The average molecular weight is 289 g/mol. The zero-order valence-electron chi connectivity index (χ0n) is 12.9. The minimum atomic E-state index is -0.314. The molecule has 20 heavy (non-hydrogen) atoms. The third-order valence-corrected chi connectivity index (χ3v) is 5.41. The Balaban J connectivity index is 2.06. The van der Waals surface area contributed by atoms with Gasteiger partial charge in [-0.2, -0.15) is 0 Å². The van der Waals surface area contributed by atoms with Crippen molar-refractivity contribution in [3.63, 3.8) is 0 Å². The van der Waals surface area contributed by atoms with Gasteiger partial charge in [-0.1, -0.05) is 6.07 Å². The summed E-state index contributed by atoms with van der Waals surface area (Å²) in [6.07, 6.45) is 0. The second kappa shape index (κ2) is 4.29. The van der Waals surface area contributed by atoms with Crippen LogP contribution in [0.25, 0.3) is 10.2 Å². The summed E-state index contributed by atoms with van der Waals surface area (Å²) in [5.41, 5.74) is 2.69. The molecule has 0 amide bonds. The molecule has 1 aromatic heterocycles. The molecular formula is C15H20BNO2S. The molecule has 2 aromatic rings. The monoisotopic (exact) mass is 289 g/mol. The van der Waals surface area contributed by atoms with E-state index in [-0.39, 0.29) is 18.3 Å². The SMILES string of the molecule is Cc1nc2c(C)c(B3OC(C)(C)C(C)(C)O3)ccc2s1. The van der Waals surface area contributed by atoms with Gasteiger partial charge < -0.3 is 9.31 Å². The van der Waals surface area contributed by atoms with Crippen molar-refractivity contribution in [2.24, 2.45) is 0 Å². The van der Waals surface area contributed by atoms with Crippen LogP contribution in [0.5, 0.6) is 0 Å². The largest absolute Gasteiger partial charge is 0.495 e. The zero-order valence-corrected chi connectivity index (χ0v) is 13.7. The molecule has 2 heterocycles. The highest BCUT2D eigenvalue weighted by molar-refractivity contribution is 7.18. The Bertz CT molecular complexity index is 662. The first-order valence-corrected chi connectivity index (χ1v) is 7.75. The molecule has 1 aliphatic heterocycles. The van der Waals surface area contributed by atoms with Crippen LogP contribution in [0.1, 0.15) is 38.3 Å². The summed E-state index contributed by atoms with van der Waals surface area (Å²) in [6, 6.07) is 4.23. The van der Waals surface area contributed by atoms with Gasteiger partial charge in [-0.15, -0.1) is 11.3 Å². The lowest BCUT2D eigenvalue weighted by Gasteiger charge is -2.32. The van der Waals surface area contributed by atoms with Crippen molar-refractivity contribution in [2.45, 2.75) is 52.7 Å². The highest BCUT2D eigenvalue weighted by atomic mass is 32.1. The van der Waals surface area contributed by atoms with Crippen molar-refractivity contribution in [3.8, 4) is 0 Å². The van der Waals surface area contributed by atoms with Crippen LogP contribution in [0, 0.1) is 13.8 Å². The molecule has 0 unspecified atom stereocenters. The van der Waals surface area contributed by atoms with Crippen LogP contribution in [-0.4, -0.2) is 23.3 Å². The van der Waals surface area contributed by atoms with Crippen LogP contribution in [0.4, 0.5) is 0 Å². The van der Waals surface area contributed by atoms with Gasteiger partial charge in [0.05, 0.1) is 26.4 Å². The number of nitrogens with zero attached hydrogens (tertiary/aromatic N) is 1. The normalized spacial score (nSPS) is 20.8. The summed E-state index contributed by atoms with van der Waals surface area (Å²) < 4.78 is 13.5. The molecule has 5 heteroatoms. The van der Waals surface area contributed by atoms with Gasteiger partial charge in [0.2, 0.25) is 0 Å². The third-order valence-electron chi connectivity index (χ3n) is 4.47. The fourth-order valence-electron chi connectivity index (χ4n) is 2.48. The van der Waals surface area contributed by atoms with E-state index in [4.69, 9.17) is 9.31 Å². The van der Waals surface area contributed by atoms with Gasteiger partial charge in [0.15, 0.2) is 0 Å². The lowest BCUT2D eigenvalue weighted by molar-refractivity contribution is 0.00578. The van der Waals surface area contributed by atoms with Crippen molar-refractivity contribution in [1.82, 2.24) is 4.98 Å². The molecule has 0 N–H and O–H groups in total. The third kappa shape index (κ3) is 2.00. The summed E-state index contributed by atoms with van der Waals surface area (Å²) in [7, 11) is -0.314. The molecule has 0 atom stereocenters. The van der Waals surface area contributed by atoms with Gasteiger partial charge in [-0.05, 0) is 58.6 Å². The van der Waals surface area contributed by atoms with Gasteiger partial charge in [0.25, 0.3) is 0 Å². The molecule has 106 valence electrons. The van der Waals surface area contributed by atoms with Crippen LogP contribution in [-0.2, 0) is 9.31 Å². The topological polar surface area (TPSA) is 31.4 Å². The quantitative estimate of drug-likeness (QED) is 0.755. The Morgan fingerprint density at radius 3 is 2.25 bits per heavy atom. The van der Waals surface area contributed by atoms with E-state index in [2.05, 4.69) is 51.7 Å². The molecule has 0 saturated carbocycles. The van der Waals surface area contributed by atoms with E-state index < -0.39 is 0 Å². The molecule has 3 nitrogen and oxygen atoms in total. The van der Waals surface area contributed by atoms with E-state index in [0.717, 1.165) is 21.6 Å². The molecule has 3 rings (SSSR count). The molecule has 0 spiro atoms. The van der Waals surface area contributed by atoms with Crippen LogP contribution in [0.2, 0.25) is 0 Å². The van der Waals surface area contributed by atoms with E-state index >= 15 is 0 Å². The summed E-state index contributed by atoms with van der Waals surface area (Å²) in [5.74, 6) is 0. The van der Waals surface area contributed by atoms with Gasteiger partial charge in [-0.25, -0.2) is 4.98 Å². The van der Waals surface area contributed by atoms with E-state index in [1.54, 1.807) is 11.3 Å². The Labute approximate surface area is 124 Å².